The summed E-state index contributed by atoms with van der Waals surface area (Å²) in [6.07, 6.45) is 0. The third-order valence-electron chi connectivity index (χ3n) is 0.657. The minimum Gasteiger partial charge on any atom is -0.394 e. The van der Waals surface area contributed by atoms with Crippen molar-refractivity contribution in [3.8, 4) is 0 Å². The predicted molar refractivity (Wildman–Crippen MR) is 33.0 cm³/mol. The van der Waals surface area contributed by atoms with Crippen LogP contribution in [0.1, 0.15) is 0 Å². The van der Waals surface area contributed by atoms with Gasteiger partial charge in [0.25, 0.3) is 0 Å². The van der Waals surface area contributed by atoms with Gasteiger partial charge >= 0.3 is 0 Å². The Labute approximate surface area is 52.7 Å². The second-order valence-electron chi connectivity index (χ2n) is 1.24. The Morgan fingerprint density at radius 1 is 1.50 bits per heavy atom. The molecule has 4 heteroatoms. The first-order valence-corrected chi connectivity index (χ1v) is 2.54. The molecule has 0 aliphatic rings. The van der Waals surface area contributed by atoms with Crippen LogP contribution in [0, 0.1) is 0 Å². The lowest BCUT2D eigenvalue weighted by atomic mass is 10.4. The van der Waals surface area contributed by atoms with Gasteiger partial charge in [-0.25, -0.2) is 4.99 Å². The highest BCUT2D eigenvalue weighted by atomic mass is 32.1. The molecule has 0 bridgehead atoms. The molecular formula is C4H7NO2S. The molecule has 0 fully saturated rings. The van der Waals surface area contributed by atoms with Gasteiger partial charge in [-0.05, 0) is 12.2 Å². The van der Waals surface area contributed by atoms with E-state index < -0.39 is 6.04 Å². The summed E-state index contributed by atoms with van der Waals surface area (Å²) in [5, 5.41) is 18.7. The van der Waals surface area contributed by atoms with Gasteiger partial charge in [-0.1, -0.05) is 0 Å². The summed E-state index contributed by atoms with van der Waals surface area (Å²) in [7, 11) is 0. The van der Waals surface area contributed by atoms with Crippen molar-refractivity contribution in [2.45, 2.75) is 6.04 Å². The van der Waals surface area contributed by atoms with Crippen LogP contribution in [0.4, 0.5) is 0 Å². The van der Waals surface area contributed by atoms with E-state index in [0.29, 0.717) is 0 Å². The van der Waals surface area contributed by atoms with Crippen LogP contribution in [0.25, 0.3) is 0 Å². The van der Waals surface area contributed by atoms with Crippen molar-refractivity contribution in [1.82, 2.24) is 0 Å². The van der Waals surface area contributed by atoms with E-state index >= 15 is 0 Å². The summed E-state index contributed by atoms with van der Waals surface area (Å²) in [5.74, 6) is 0. The minimum atomic E-state index is -0.479. The van der Waals surface area contributed by atoms with E-state index in [-0.39, 0.29) is 13.2 Å². The Balaban J connectivity index is 3.52. The lowest BCUT2D eigenvalue weighted by molar-refractivity contribution is 0.196. The van der Waals surface area contributed by atoms with Crippen molar-refractivity contribution in [2.75, 3.05) is 13.2 Å². The van der Waals surface area contributed by atoms with Crippen molar-refractivity contribution >= 4 is 17.4 Å². The Hall–Kier alpha value is -0.280. The molecule has 0 unspecified atom stereocenters. The predicted octanol–water partition coefficient (Wildman–Crippen LogP) is -0.558. The van der Waals surface area contributed by atoms with Crippen LogP contribution < -0.4 is 0 Å². The lowest BCUT2D eigenvalue weighted by Crippen LogP contribution is -2.14. The van der Waals surface area contributed by atoms with Crippen LogP contribution in [0.3, 0.4) is 0 Å². The molecular weight excluding hydrogens is 126 g/mol. The number of rotatable bonds is 3. The largest absolute Gasteiger partial charge is 0.394 e. The van der Waals surface area contributed by atoms with Crippen molar-refractivity contribution < 1.29 is 10.2 Å². The van der Waals surface area contributed by atoms with E-state index in [1.807, 2.05) is 0 Å². The first kappa shape index (κ1) is 7.72. The Morgan fingerprint density at radius 2 is 2.00 bits per heavy atom. The molecule has 0 saturated heterocycles. The van der Waals surface area contributed by atoms with Crippen molar-refractivity contribution in [2.24, 2.45) is 4.99 Å². The van der Waals surface area contributed by atoms with Crippen LogP contribution in [0.2, 0.25) is 0 Å². The number of aliphatic hydroxyl groups excluding tert-OH is 2. The number of isothiocyanates is 1. The summed E-state index contributed by atoms with van der Waals surface area (Å²) in [6, 6.07) is -0.479. The van der Waals surface area contributed by atoms with E-state index in [1.165, 1.54) is 0 Å². The number of nitrogens with zero attached hydrogens (tertiary/aromatic N) is 1. The Bertz CT molecular complexity index is 96.2. The third kappa shape index (κ3) is 2.82. The van der Waals surface area contributed by atoms with Crippen LogP contribution in [-0.2, 0) is 0 Å². The number of thiocarbonyl (C=S) groups is 1. The minimum absolute atomic E-state index is 0.180. The van der Waals surface area contributed by atoms with Crippen molar-refractivity contribution in [3.05, 3.63) is 0 Å². The summed E-state index contributed by atoms with van der Waals surface area (Å²) in [4.78, 5) is 3.43. The Morgan fingerprint density at radius 3 is 2.12 bits per heavy atom. The quantitative estimate of drug-likeness (QED) is 0.401. The fourth-order valence-corrected chi connectivity index (χ4v) is 0.363. The van der Waals surface area contributed by atoms with Crippen LogP contribution in [0.5, 0.6) is 0 Å². The van der Waals surface area contributed by atoms with E-state index in [4.69, 9.17) is 10.2 Å². The number of hydrogen-bond donors (Lipinski definition) is 2. The number of hydrogen-bond acceptors (Lipinski definition) is 4. The maximum atomic E-state index is 8.32. The molecule has 0 aromatic heterocycles. The van der Waals surface area contributed by atoms with E-state index in [0.717, 1.165) is 0 Å². The second kappa shape index (κ2) is 4.87. The van der Waals surface area contributed by atoms with Gasteiger partial charge in [0.05, 0.1) is 18.4 Å². The molecule has 2 N–H and O–H groups in total. The topological polar surface area (TPSA) is 52.8 Å². The van der Waals surface area contributed by atoms with Gasteiger partial charge in [-0.3, -0.25) is 0 Å². The first-order chi connectivity index (χ1) is 3.85. The molecule has 0 aliphatic heterocycles. The fourth-order valence-electron chi connectivity index (χ4n) is 0.214. The molecule has 0 spiro atoms. The zero-order valence-electron chi connectivity index (χ0n) is 4.24. The molecule has 0 aromatic rings. The van der Waals surface area contributed by atoms with E-state index in [2.05, 4.69) is 22.4 Å². The lowest BCUT2D eigenvalue weighted by Gasteiger charge is -1.98. The molecule has 0 saturated carbocycles. The molecule has 0 aromatic carbocycles. The summed E-state index contributed by atoms with van der Waals surface area (Å²) in [6.45, 7) is -0.361. The molecule has 0 heterocycles. The highest BCUT2D eigenvalue weighted by molar-refractivity contribution is 7.78. The molecule has 0 radical (unpaired) electrons. The van der Waals surface area contributed by atoms with Gasteiger partial charge in [-0.15, -0.1) is 0 Å². The molecule has 0 amide bonds. The van der Waals surface area contributed by atoms with Crippen LogP contribution in [0.15, 0.2) is 4.99 Å². The second-order valence-corrected chi connectivity index (χ2v) is 1.42. The summed E-state index contributed by atoms with van der Waals surface area (Å²) < 4.78 is 0. The van der Waals surface area contributed by atoms with Gasteiger partial charge in [-0.2, -0.15) is 0 Å². The van der Waals surface area contributed by atoms with E-state index in [9.17, 15) is 0 Å². The number of aliphatic hydroxyl groups is 2. The molecule has 0 rings (SSSR count). The number of aliphatic imine (C=N–C) groups is 1. The molecule has 0 atom stereocenters. The van der Waals surface area contributed by atoms with Gasteiger partial charge in [0.1, 0.15) is 6.04 Å². The maximum Gasteiger partial charge on any atom is 0.106 e. The van der Waals surface area contributed by atoms with E-state index in [1.54, 1.807) is 0 Å². The highest BCUT2D eigenvalue weighted by Gasteiger charge is 1.98. The third-order valence-corrected chi connectivity index (χ3v) is 0.762. The van der Waals surface area contributed by atoms with Crippen LogP contribution in [-0.4, -0.2) is 34.6 Å². The smallest absolute Gasteiger partial charge is 0.106 e. The van der Waals surface area contributed by atoms with Gasteiger partial charge < -0.3 is 10.2 Å². The van der Waals surface area contributed by atoms with Gasteiger partial charge in [0.15, 0.2) is 0 Å². The molecule has 8 heavy (non-hydrogen) atoms. The highest BCUT2D eigenvalue weighted by Crippen LogP contribution is 1.83. The summed E-state index contributed by atoms with van der Waals surface area (Å²) in [5.41, 5.74) is 0. The monoisotopic (exact) mass is 133 g/mol. The first-order valence-electron chi connectivity index (χ1n) is 2.13. The average Bonchev–Trinajstić information content (AvgIpc) is 1.83. The summed E-state index contributed by atoms with van der Waals surface area (Å²) >= 11 is 4.22. The molecule has 46 valence electrons. The Kier molecular flexibility index (Phi) is 4.70. The van der Waals surface area contributed by atoms with Gasteiger partial charge in [0.2, 0.25) is 0 Å². The van der Waals surface area contributed by atoms with Crippen molar-refractivity contribution in [1.29, 1.82) is 0 Å². The molecule has 3 nitrogen and oxygen atoms in total. The molecule has 0 aliphatic carbocycles. The van der Waals surface area contributed by atoms with Crippen LogP contribution >= 0.6 is 12.2 Å². The van der Waals surface area contributed by atoms with Crippen molar-refractivity contribution in [3.63, 3.8) is 0 Å². The maximum absolute atomic E-state index is 8.32. The normalized spacial score (nSPS) is 8.88. The fraction of sp³-hybridized carbons (Fsp3) is 0.750. The average molecular weight is 133 g/mol. The standard InChI is InChI=1S/C4H7NO2S/c6-1-4(2-7)5-3-8/h4,6-7H,1-2H2. The zero-order chi connectivity index (χ0) is 6.41. The zero-order valence-corrected chi connectivity index (χ0v) is 5.06. The SMILES string of the molecule is OCC(CO)N=C=S. The van der Waals surface area contributed by atoms with Gasteiger partial charge in [0, 0.05) is 0 Å².